The van der Waals surface area contributed by atoms with E-state index in [1.807, 2.05) is 6.07 Å². The number of hydrogen-bond donors (Lipinski definition) is 1. The number of benzene rings is 1. The van der Waals surface area contributed by atoms with Crippen LogP contribution in [-0.2, 0) is 19.0 Å². The van der Waals surface area contributed by atoms with Crippen molar-refractivity contribution in [1.29, 1.82) is 0 Å². The lowest BCUT2D eigenvalue weighted by Gasteiger charge is -2.10. The van der Waals surface area contributed by atoms with E-state index in [0.29, 0.717) is 10.2 Å². The number of alkyl halides is 3. The van der Waals surface area contributed by atoms with Gasteiger partial charge in [-0.1, -0.05) is 6.07 Å². The average molecular weight is 438 g/mol. The van der Waals surface area contributed by atoms with Gasteiger partial charge in [-0.3, -0.25) is 0 Å². The summed E-state index contributed by atoms with van der Waals surface area (Å²) in [5.74, 6) is 0.524. The minimum Gasteiger partial charge on any atom is -0.324 e. The Morgan fingerprint density at radius 2 is 1.93 bits per heavy atom. The molecule has 1 aromatic carbocycles. The first kappa shape index (κ1) is 18.0. The Balaban J connectivity index is 1.67. The molecule has 1 aliphatic rings. The van der Waals surface area contributed by atoms with Crippen molar-refractivity contribution in [3.63, 3.8) is 0 Å². The molecule has 3 aromatic rings. The molecule has 1 N–H and O–H groups in total. The normalized spacial score (nSPS) is 13.7. The molecule has 140 valence electrons. The highest BCUT2D eigenvalue weighted by molar-refractivity contribution is 9.10. The number of anilines is 2. The summed E-state index contributed by atoms with van der Waals surface area (Å²) in [7, 11) is 0. The number of nitrogens with one attached hydrogen (secondary N) is 1. The highest BCUT2D eigenvalue weighted by Crippen LogP contribution is 2.31. The largest absolute Gasteiger partial charge is 0.435 e. The summed E-state index contributed by atoms with van der Waals surface area (Å²) >= 11 is 3.29. The van der Waals surface area contributed by atoms with Crippen LogP contribution in [0.3, 0.4) is 0 Å². The smallest absolute Gasteiger partial charge is 0.324 e. The summed E-state index contributed by atoms with van der Waals surface area (Å²) in [5, 5.41) is 6.77. The molecule has 0 atom stereocenters. The molecule has 5 nitrogen and oxygen atoms in total. The van der Waals surface area contributed by atoms with Crippen molar-refractivity contribution in [3.05, 3.63) is 57.4 Å². The van der Waals surface area contributed by atoms with Crippen LogP contribution in [0.4, 0.5) is 24.8 Å². The third-order valence-corrected chi connectivity index (χ3v) is 5.02. The van der Waals surface area contributed by atoms with Gasteiger partial charge < -0.3 is 5.32 Å². The Morgan fingerprint density at radius 1 is 1.15 bits per heavy atom. The molecule has 0 radical (unpaired) electrons. The molecule has 0 amide bonds. The maximum Gasteiger partial charge on any atom is 0.435 e. The SMILES string of the molecule is Cc1cc(C(F)(F)F)nn1-c1nc(Nc2ccc3c(c2)CCC3)ncc1Br. The van der Waals surface area contributed by atoms with Crippen LogP contribution in [-0.4, -0.2) is 19.7 Å². The number of hydrogen-bond acceptors (Lipinski definition) is 4. The van der Waals surface area contributed by atoms with Crippen LogP contribution >= 0.6 is 15.9 Å². The lowest BCUT2D eigenvalue weighted by Crippen LogP contribution is -2.10. The van der Waals surface area contributed by atoms with Gasteiger partial charge in [0.25, 0.3) is 0 Å². The van der Waals surface area contributed by atoms with E-state index in [0.717, 1.165) is 35.7 Å². The van der Waals surface area contributed by atoms with Gasteiger partial charge in [0.1, 0.15) is 0 Å². The maximum atomic E-state index is 12.9. The van der Waals surface area contributed by atoms with Crippen molar-refractivity contribution in [3.8, 4) is 5.82 Å². The second-order valence-corrected chi connectivity index (χ2v) is 7.26. The number of nitrogens with zero attached hydrogens (tertiary/aromatic N) is 4. The number of aromatic nitrogens is 4. The van der Waals surface area contributed by atoms with Gasteiger partial charge in [0, 0.05) is 17.6 Å². The van der Waals surface area contributed by atoms with Crippen LogP contribution < -0.4 is 5.32 Å². The molecule has 0 saturated heterocycles. The minimum atomic E-state index is -4.51. The molecular formula is C18H15BrF3N5. The third-order valence-electron chi connectivity index (χ3n) is 4.46. The van der Waals surface area contributed by atoms with Crippen molar-refractivity contribution in [1.82, 2.24) is 19.7 Å². The topological polar surface area (TPSA) is 55.6 Å². The summed E-state index contributed by atoms with van der Waals surface area (Å²) in [6.07, 6.45) is 0.268. The predicted octanol–water partition coefficient (Wildman–Crippen LogP) is 4.98. The number of aryl methyl sites for hydroxylation is 3. The van der Waals surface area contributed by atoms with Gasteiger partial charge in [0.15, 0.2) is 11.5 Å². The first-order valence-electron chi connectivity index (χ1n) is 8.37. The Morgan fingerprint density at radius 3 is 2.67 bits per heavy atom. The Bertz CT molecular complexity index is 1010. The molecule has 0 bridgehead atoms. The van der Waals surface area contributed by atoms with E-state index in [9.17, 15) is 13.2 Å². The maximum absolute atomic E-state index is 12.9. The molecule has 9 heteroatoms. The second kappa shape index (κ2) is 6.63. The summed E-state index contributed by atoms with van der Waals surface area (Å²) in [5.41, 5.74) is 2.86. The lowest BCUT2D eigenvalue weighted by molar-refractivity contribution is -0.141. The van der Waals surface area contributed by atoms with Gasteiger partial charge in [-0.05, 0) is 71.4 Å². The lowest BCUT2D eigenvalue weighted by atomic mass is 10.1. The zero-order chi connectivity index (χ0) is 19.2. The number of rotatable bonds is 3. The van der Waals surface area contributed by atoms with Crippen LogP contribution in [0.2, 0.25) is 0 Å². The zero-order valence-electron chi connectivity index (χ0n) is 14.3. The molecule has 0 aliphatic heterocycles. The standard InChI is InChI=1S/C18H15BrF3N5/c1-10-7-15(18(20,21)22)26-27(10)16-14(19)9-23-17(25-16)24-13-6-5-11-3-2-4-12(11)8-13/h5-9H,2-4H2,1H3,(H,23,24,25). The number of fused-ring (bicyclic) bond motifs is 1. The monoisotopic (exact) mass is 437 g/mol. The average Bonchev–Trinajstić information content (AvgIpc) is 3.22. The van der Waals surface area contributed by atoms with E-state index in [-0.39, 0.29) is 11.8 Å². The van der Waals surface area contributed by atoms with E-state index in [1.54, 1.807) is 6.92 Å². The first-order valence-corrected chi connectivity index (χ1v) is 9.16. The zero-order valence-corrected chi connectivity index (χ0v) is 15.9. The minimum absolute atomic E-state index is 0.238. The van der Waals surface area contributed by atoms with Gasteiger partial charge in [0.05, 0.1) is 4.47 Å². The van der Waals surface area contributed by atoms with E-state index < -0.39 is 11.9 Å². The summed E-state index contributed by atoms with van der Waals surface area (Å²) in [4.78, 5) is 8.56. The van der Waals surface area contributed by atoms with Crippen molar-refractivity contribution >= 4 is 27.6 Å². The van der Waals surface area contributed by atoms with E-state index in [4.69, 9.17) is 0 Å². The number of halogens is 4. The van der Waals surface area contributed by atoms with Gasteiger partial charge in [0.2, 0.25) is 5.95 Å². The Hall–Kier alpha value is -2.42. The molecular weight excluding hydrogens is 423 g/mol. The van der Waals surface area contributed by atoms with E-state index in [2.05, 4.69) is 48.4 Å². The third kappa shape index (κ3) is 3.55. The van der Waals surface area contributed by atoms with Crippen molar-refractivity contribution < 1.29 is 13.2 Å². The molecule has 2 aromatic heterocycles. The molecule has 27 heavy (non-hydrogen) atoms. The quantitative estimate of drug-likeness (QED) is 0.627. The molecule has 1 aliphatic carbocycles. The van der Waals surface area contributed by atoms with Crippen molar-refractivity contribution in [2.24, 2.45) is 0 Å². The molecule has 0 unspecified atom stereocenters. The van der Waals surface area contributed by atoms with E-state index >= 15 is 0 Å². The van der Waals surface area contributed by atoms with Crippen molar-refractivity contribution in [2.75, 3.05) is 5.32 Å². The molecule has 4 rings (SSSR count). The van der Waals surface area contributed by atoms with E-state index in [1.165, 1.54) is 17.3 Å². The first-order chi connectivity index (χ1) is 12.8. The molecule has 0 spiro atoms. The Kier molecular flexibility index (Phi) is 4.41. The van der Waals surface area contributed by atoms with Gasteiger partial charge in [-0.2, -0.15) is 23.3 Å². The summed E-state index contributed by atoms with van der Waals surface area (Å²) < 4.78 is 40.4. The van der Waals surface area contributed by atoms with Crippen LogP contribution in [0, 0.1) is 6.92 Å². The molecule has 0 saturated carbocycles. The predicted molar refractivity (Wildman–Crippen MR) is 98.3 cm³/mol. The van der Waals surface area contributed by atoms with Gasteiger partial charge in [-0.25, -0.2) is 9.67 Å². The summed E-state index contributed by atoms with van der Waals surface area (Å²) in [6, 6.07) is 7.09. The molecule has 2 heterocycles. The highest BCUT2D eigenvalue weighted by Gasteiger charge is 2.35. The highest BCUT2D eigenvalue weighted by atomic mass is 79.9. The summed E-state index contributed by atoms with van der Waals surface area (Å²) in [6.45, 7) is 1.55. The Labute approximate surface area is 161 Å². The fourth-order valence-electron chi connectivity index (χ4n) is 3.17. The van der Waals surface area contributed by atoms with Crippen LogP contribution in [0.15, 0.2) is 34.9 Å². The van der Waals surface area contributed by atoms with Gasteiger partial charge in [-0.15, -0.1) is 0 Å². The van der Waals surface area contributed by atoms with Crippen LogP contribution in [0.5, 0.6) is 0 Å². The van der Waals surface area contributed by atoms with Crippen LogP contribution in [0.25, 0.3) is 5.82 Å². The van der Waals surface area contributed by atoms with Gasteiger partial charge >= 0.3 is 6.18 Å². The van der Waals surface area contributed by atoms with Crippen molar-refractivity contribution in [2.45, 2.75) is 32.4 Å². The fraction of sp³-hybridized carbons (Fsp3) is 0.278. The second-order valence-electron chi connectivity index (χ2n) is 6.41. The van der Waals surface area contributed by atoms with Crippen LogP contribution in [0.1, 0.15) is 28.9 Å². The fourth-order valence-corrected chi connectivity index (χ4v) is 3.53. The molecule has 0 fully saturated rings.